The normalized spacial score (nSPS) is 22.3. The monoisotopic (exact) mass is 223 g/mol. The molecule has 0 bridgehead atoms. The van der Waals surface area contributed by atoms with Crippen molar-refractivity contribution in [1.82, 2.24) is 5.32 Å². The van der Waals surface area contributed by atoms with Gasteiger partial charge in [-0.2, -0.15) is 0 Å². The molecule has 15 heavy (non-hydrogen) atoms. The van der Waals surface area contributed by atoms with E-state index in [9.17, 15) is 4.79 Å². The topological polar surface area (TPSA) is 29.1 Å². The summed E-state index contributed by atoms with van der Waals surface area (Å²) >= 11 is 1.65. The Morgan fingerprint density at radius 3 is 3.07 bits per heavy atom. The largest absolute Gasteiger partial charge is 0.307 e. The SMILES string of the molecule is Cc1cc(C(=O)C2CCCCCN2)cs1. The number of Topliss-reactive ketones (excluding diaryl/α,β-unsaturated/α-hetero) is 1. The van der Waals surface area contributed by atoms with Crippen molar-refractivity contribution in [2.45, 2.75) is 38.6 Å². The molecule has 2 rings (SSSR count). The second-order valence-electron chi connectivity index (χ2n) is 4.17. The summed E-state index contributed by atoms with van der Waals surface area (Å²) in [5.41, 5.74) is 0.886. The van der Waals surface area contributed by atoms with Crippen LogP contribution < -0.4 is 5.32 Å². The fourth-order valence-electron chi connectivity index (χ4n) is 2.03. The Morgan fingerprint density at radius 1 is 1.47 bits per heavy atom. The molecule has 0 spiro atoms. The number of carbonyl (C=O) groups is 1. The number of carbonyl (C=O) groups excluding carboxylic acids is 1. The highest BCUT2D eigenvalue weighted by Crippen LogP contribution is 2.18. The van der Waals surface area contributed by atoms with Crippen LogP contribution in [-0.4, -0.2) is 18.4 Å². The minimum absolute atomic E-state index is 0.0569. The molecule has 82 valence electrons. The number of aryl methyl sites for hydroxylation is 1. The molecule has 1 aliphatic rings. The second kappa shape index (κ2) is 4.90. The van der Waals surface area contributed by atoms with Crippen LogP contribution in [0.1, 0.15) is 40.9 Å². The fraction of sp³-hybridized carbons (Fsp3) is 0.583. The van der Waals surface area contributed by atoms with Gasteiger partial charge in [-0.3, -0.25) is 4.79 Å². The maximum atomic E-state index is 12.1. The van der Waals surface area contributed by atoms with E-state index in [1.165, 1.54) is 24.1 Å². The number of hydrogen-bond donors (Lipinski definition) is 1. The van der Waals surface area contributed by atoms with Gasteiger partial charge in [-0.25, -0.2) is 0 Å². The zero-order valence-corrected chi connectivity index (χ0v) is 9.90. The molecule has 1 aliphatic heterocycles. The van der Waals surface area contributed by atoms with Gasteiger partial charge in [-0.15, -0.1) is 11.3 Å². The summed E-state index contributed by atoms with van der Waals surface area (Å²) in [6, 6.07) is 2.06. The lowest BCUT2D eigenvalue weighted by molar-refractivity contribution is 0.0941. The number of thiophene rings is 1. The molecule has 0 amide bonds. The maximum absolute atomic E-state index is 12.1. The molecule has 0 radical (unpaired) electrons. The van der Waals surface area contributed by atoms with Crippen molar-refractivity contribution < 1.29 is 4.79 Å². The summed E-state index contributed by atoms with van der Waals surface area (Å²) in [7, 11) is 0. The lowest BCUT2D eigenvalue weighted by atomic mass is 10.0. The Bertz CT molecular complexity index is 337. The smallest absolute Gasteiger partial charge is 0.180 e. The predicted molar refractivity (Wildman–Crippen MR) is 63.6 cm³/mol. The molecular weight excluding hydrogens is 206 g/mol. The van der Waals surface area contributed by atoms with Crippen LogP contribution in [0.2, 0.25) is 0 Å². The van der Waals surface area contributed by atoms with E-state index < -0.39 is 0 Å². The van der Waals surface area contributed by atoms with Crippen molar-refractivity contribution >= 4 is 17.1 Å². The van der Waals surface area contributed by atoms with Crippen LogP contribution in [0.5, 0.6) is 0 Å². The zero-order chi connectivity index (χ0) is 10.7. The molecular formula is C12H17NOS. The van der Waals surface area contributed by atoms with Crippen molar-refractivity contribution in [2.24, 2.45) is 0 Å². The lowest BCUT2D eigenvalue weighted by Gasteiger charge is -2.13. The second-order valence-corrected chi connectivity index (χ2v) is 5.28. The summed E-state index contributed by atoms with van der Waals surface area (Å²) in [6.07, 6.45) is 4.62. The highest BCUT2D eigenvalue weighted by molar-refractivity contribution is 7.10. The standard InChI is InChI=1S/C12H17NOS/c1-9-7-10(8-15-9)12(14)11-5-3-2-4-6-13-11/h7-8,11,13H,2-6H2,1H3. The first-order valence-corrected chi connectivity index (χ1v) is 6.48. The van der Waals surface area contributed by atoms with Gasteiger partial charge in [0.15, 0.2) is 5.78 Å². The molecule has 1 N–H and O–H groups in total. The van der Waals surface area contributed by atoms with Crippen molar-refractivity contribution in [3.8, 4) is 0 Å². The van der Waals surface area contributed by atoms with E-state index in [2.05, 4.69) is 5.32 Å². The molecule has 0 aliphatic carbocycles. The van der Waals surface area contributed by atoms with Gasteiger partial charge in [0.1, 0.15) is 0 Å². The van der Waals surface area contributed by atoms with E-state index in [1.54, 1.807) is 11.3 Å². The fourth-order valence-corrected chi connectivity index (χ4v) is 2.72. The quantitative estimate of drug-likeness (QED) is 0.781. The zero-order valence-electron chi connectivity index (χ0n) is 9.08. The third-order valence-electron chi connectivity index (χ3n) is 2.89. The number of rotatable bonds is 2. The van der Waals surface area contributed by atoms with E-state index in [1.807, 2.05) is 18.4 Å². The molecule has 0 saturated carbocycles. The minimum Gasteiger partial charge on any atom is -0.307 e. The molecule has 1 unspecified atom stereocenters. The molecule has 0 aromatic carbocycles. The first-order valence-electron chi connectivity index (χ1n) is 5.60. The van der Waals surface area contributed by atoms with Gasteiger partial charge in [0.05, 0.1) is 6.04 Å². The van der Waals surface area contributed by atoms with Gasteiger partial charge in [0.25, 0.3) is 0 Å². The molecule has 1 fully saturated rings. The van der Waals surface area contributed by atoms with E-state index in [4.69, 9.17) is 0 Å². The third kappa shape index (κ3) is 2.67. The van der Waals surface area contributed by atoms with Crippen molar-refractivity contribution in [1.29, 1.82) is 0 Å². The highest BCUT2D eigenvalue weighted by Gasteiger charge is 2.21. The van der Waals surface area contributed by atoms with Crippen molar-refractivity contribution in [3.63, 3.8) is 0 Å². The van der Waals surface area contributed by atoms with Gasteiger partial charge >= 0.3 is 0 Å². The van der Waals surface area contributed by atoms with Crippen LogP contribution in [0.4, 0.5) is 0 Å². The third-order valence-corrected chi connectivity index (χ3v) is 3.75. The summed E-state index contributed by atoms with van der Waals surface area (Å²) in [5, 5.41) is 5.32. The Morgan fingerprint density at radius 2 is 2.33 bits per heavy atom. The summed E-state index contributed by atoms with van der Waals surface area (Å²) in [6.45, 7) is 3.03. The summed E-state index contributed by atoms with van der Waals surface area (Å²) < 4.78 is 0. The van der Waals surface area contributed by atoms with E-state index >= 15 is 0 Å². The van der Waals surface area contributed by atoms with E-state index in [0.717, 1.165) is 18.5 Å². The van der Waals surface area contributed by atoms with E-state index in [0.29, 0.717) is 0 Å². The molecule has 1 atom stereocenters. The Balaban J connectivity index is 2.06. The first kappa shape index (κ1) is 10.8. The Hall–Kier alpha value is -0.670. The minimum atomic E-state index is 0.0569. The van der Waals surface area contributed by atoms with Crippen molar-refractivity contribution in [2.75, 3.05) is 6.54 Å². The van der Waals surface area contributed by atoms with Gasteiger partial charge in [-0.05, 0) is 32.4 Å². The van der Waals surface area contributed by atoms with E-state index in [-0.39, 0.29) is 11.8 Å². The summed E-state index contributed by atoms with van der Waals surface area (Å²) in [4.78, 5) is 13.3. The van der Waals surface area contributed by atoms with Gasteiger partial charge in [0.2, 0.25) is 0 Å². The maximum Gasteiger partial charge on any atom is 0.180 e. The first-order chi connectivity index (χ1) is 7.27. The van der Waals surface area contributed by atoms with Crippen LogP contribution >= 0.6 is 11.3 Å². The molecule has 3 heteroatoms. The van der Waals surface area contributed by atoms with Crippen LogP contribution in [0.3, 0.4) is 0 Å². The molecule has 1 saturated heterocycles. The molecule has 2 heterocycles. The Labute approximate surface area is 94.7 Å². The number of ketones is 1. The Kier molecular flexibility index (Phi) is 3.54. The summed E-state index contributed by atoms with van der Waals surface area (Å²) in [5.74, 6) is 0.279. The van der Waals surface area contributed by atoms with Gasteiger partial charge in [-0.1, -0.05) is 12.8 Å². The molecule has 1 aromatic heterocycles. The average Bonchev–Trinajstić information content (AvgIpc) is 2.53. The van der Waals surface area contributed by atoms with Crippen LogP contribution in [0, 0.1) is 6.92 Å². The average molecular weight is 223 g/mol. The lowest BCUT2D eigenvalue weighted by Crippen LogP contribution is -2.35. The van der Waals surface area contributed by atoms with Crippen molar-refractivity contribution in [3.05, 3.63) is 21.9 Å². The molecule has 2 nitrogen and oxygen atoms in total. The number of hydrogen-bond acceptors (Lipinski definition) is 3. The highest BCUT2D eigenvalue weighted by atomic mass is 32.1. The van der Waals surface area contributed by atoms with Crippen LogP contribution in [0.15, 0.2) is 11.4 Å². The van der Waals surface area contributed by atoms with Crippen LogP contribution in [0.25, 0.3) is 0 Å². The van der Waals surface area contributed by atoms with Crippen LogP contribution in [-0.2, 0) is 0 Å². The predicted octanol–water partition coefficient (Wildman–Crippen LogP) is 2.77. The van der Waals surface area contributed by atoms with Gasteiger partial charge < -0.3 is 5.32 Å². The molecule has 1 aromatic rings. The van der Waals surface area contributed by atoms with Gasteiger partial charge in [0, 0.05) is 15.8 Å². The number of nitrogens with one attached hydrogen (secondary N) is 1.